The molecule has 0 bridgehead atoms. The number of aryl methyl sites for hydroxylation is 1. The van der Waals surface area contributed by atoms with Crippen molar-refractivity contribution >= 4 is 17.7 Å². The monoisotopic (exact) mass is 305 g/mol. The number of aliphatic carboxylic acids is 1. The summed E-state index contributed by atoms with van der Waals surface area (Å²) in [6.45, 7) is 5.22. The third kappa shape index (κ3) is 5.31. The first-order chi connectivity index (χ1) is 10.3. The van der Waals surface area contributed by atoms with E-state index in [9.17, 15) is 14.4 Å². The number of ketones is 1. The largest absolute Gasteiger partial charge is 0.481 e. The van der Waals surface area contributed by atoms with Crippen molar-refractivity contribution < 1.29 is 19.5 Å². The van der Waals surface area contributed by atoms with E-state index in [4.69, 9.17) is 5.11 Å². The molecule has 0 aliphatic rings. The number of carbonyl (C=O) groups is 3. The van der Waals surface area contributed by atoms with Crippen LogP contribution in [-0.4, -0.2) is 28.8 Å². The molecule has 2 unspecified atom stereocenters. The van der Waals surface area contributed by atoms with Crippen molar-refractivity contribution in [3.63, 3.8) is 0 Å². The number of hydrogen-bond donors (Lipinski definition) is 2. The standard InChI is InChI=1S/C17H23NO4/c1-4-13-5-7-14(8-6-13)15(19)9-10-16(20)18-12(3)11(2)17(21)22/h5-8,11-12H,4,9-10H2,1-3H3,(H,18,20)(H,21,22). The fourth-order valence-electron chi connectivity index (χ4n) is 1.96. The summed E-state index contributed by atoms with van der Waals surface area (Å²) in [5.41, 5.74) is 1.75. The molecule has 1 aromatic carbocycles. The van der Waals surface area contributed by atoms with Crippen LogP contribution in [0.1, 0.15) is 49.5 Å². The van der Waals surface area contributed by atoms with Crippen LogP contribution in [0.25, 0.3) is 0 Å². The van der Waals surface area contributed by atoms with Crippen molar-refractivity contribution in [2.24, 2.45) is 5.92 Å². The Labute approximate surface area is 130 Å². The molecule has 0 aliphatic heterocycles. The third-order valence-corrected chi connectivity index (χ3v) is 3.79. The van der Waals surface area contributed by atoms with Gasteiger partial charge in [-0.3, -0.25) is 14.4 Å². The molecule has 22 heavy (non-hydrogen) atoms. The van der Waals surface area contributed by atoms with E-state index < -0.39 is 17.9 Å². The summed E-state index contributed by atoms with van der Waals surface area (Å²) in [6, 6.07) is 6.89. The van der Waals surface area contributed by atoms with Gasteiger partial charge in [-0.15, -0.1) is 0 Å². The van der Waals surface area contributed by atoms with Crippen LogP contribution in [0.2, 0.25) is 0 Å². The van der Waals surface area contributed by atoms with Crippen LogP contribution >= 0.6 is 0 Å². The third-order valence-electron chi connectivity index (χ3n) is 3.79. The second-order valence-electron chi connectivity index (χ2n) is 5.46. The van der Waals surface area contributed by atoms with E-state index in [1.807, 2.05) is 19.1 Å². The molecule has 0 saturated heterocycles. The molecule has 5 nitrogen and oxygen atoms in total. The summed E-state index contributed by atoms with van der Waals surface area (Å²) in [5, 5.41) is 11.5. The molecule has 0 radical (unpaired) electrons. The quantitative estimate of drug-likeness (QED) is 0.723. The van der Waals surface area contributed by atoms with Crippen molar-refractivity contribution in [1.29, 1.82) is 0 Å². The summed E-state index contributed by atoms with van der Waals surface area (Å²) < 4.78 is 0. The summed E-state index contributed by atoms with van der Waals surface area (Å²) in [5.74, 6) is -2.02. The minimum atomic E-state index is -0.958. The number of benzene rings is 1. The first kappa shape index (κ1) is 17.9. The van der Waals surface area contributed by atoms with Gasteiger partial charge in [-0.1, -0.05) is 31.2 Å². The number of amides is 1. The number of hydrogen-bond acceptors (Lipinski definition) is 3. The van der Waals surface area contributed by atoms with Crippen molar-refractivity contribution in [2.45, 2.75) is 46.1 Å². The van der Waals surface area contributed by atoms with E-state index in [-0.39, 0.29) is 24.5 Å². The topological polar surface area (TPSA) is 83.5 Å². The van der Waals surface area contributed by atoms with Gasteiger partial charge >= 0.3 is 5.97 Å². The van der Waals surface area contributed by atoms with Gasteiger partial charge in [0.15, 0.2) is 5.78 Å². The molecule has 0 heterocycles. The zero-order valence-electron chi connectivity index (χ0n) is 13.3. The number of nitrogens with one attached hydrogen (secondary N) is 1. The Balaban J connectivity index is 2.46. The number of carboxylic acids is 1. The molecule has 120 valence electrons. The smallest absolute Gasteiger partial charge is 0.308 e. The molecule has 0 fully saturated rings. The summed E-state index contributed by atoms with van der Waals surface area (Å²) in [6.07, 6.45) is 1.09. The van der Waals surface area contributed by atoms with Crippen LogP contribution in [0.3, 0.4) is 0 Å². The van der Waals surface area contributed by atoms with Gasteiger partial charge in [0.05, 0.1) is 5.92 Å². The maximum absolute atomic E-state index is 12.0. The molecule has 2 N–H and O–H groups in total. The maximum Gasteiger partial charge on any atom is 0.308 e. The number of carboxylic acid groups (broad SMARTS) is 1. The molecule has 1 amide bonds. The minimum Gasteiger partial charge on any atom is -0.481 e. The molecule has 1 rings (SSSR count). The van der Waals surface area contributed by atoms with Gasteiger partial charge in [0, 0.05) is 24.4 Å². The van der Waals surface area contributed by atoms with E-state index >= 15 is 0 Å². The fourth-order valence-corrected chi connectivity index (χ4v) is 1.96. The van der Waals surface area contributed by atoms with Gasteiger partial charge in [-0.25, -0.2) is 0 Å². The SMILES string of the molecule is CCc1ccc(C(=O)CCC(=O)NC(C)C(C)C(=O)O)cc1. The fraction of sp³-hybridized carbons (Fsp3) is 0.471. The van der Waals surface area contributed by atoms with Crippen LogP contribution in [0.4, 0.5) is 0 Å². The van der Waals surface area contributed by atoms with E-state index in [0.717, 1.165) is 12.0 Å². The molecule has 2 atom stereocenters. The Hall–Kier alpha value is -2.17. The lowest BCUT2D eigenvalue weighted by Gasteiger charge is -2.17. The van der Waals surface area contributed by atoms with E-state index in [0.29, 0.717) is 5.56 Å². The van der Waals surface area contributed by atoms with Gasteiger partial charge in [-0.2, -0.15) is 0 Å². The normalized spacial score (nSPS) is 13.2. The van der Waals surface area contributed by atoms with Crippen LogP contribution in [0.15, 0.2) is 24.3 Å². The molecule has 0 saturated carbocycles. The average molecular weight is 305 g/mol. The minimum absolute atomic E-state index is 0.0606. The van der Waals surface area contributed by atoms with Gasteiger partial charge in [0.2, 0.25) is 5.91 Å². The maximum atomic E-state index is 12.0. The molecule has 0 spiro atoms. The average Bonchev–Trinajstić information content (AvgIpc) is 2.51. The van der Waals surface area contributed by atoms with Crippen molar-refractivity contribution in [3.8, 4) is 0 Å². The van der Waals surface area contributed by atoms with Crippen molar-refractivity contribution in [2.75, 3.05) is 0 Å². The van der Waals surface area contributed by atoms with Crippen molar-refractivity contribution in [1.82, 2.24) is 5.32 Å². The Morgan fingerprint density at radius 2 is 1.68 bits per heavy atom. The predicted octanol–water partition coefficient (Wildman–Crippen LogP) is 2.44. The van der Waals surface area contributed by atoms with Gasteiger partial charge in [0.25, 0.3) is 0 Å². The Morgan fingerprint density at radius 1 is 1.09 bits per heavy atom. The van der Waals surface area contributed by atoms with Crippen LogP contribution in [0, 0.1) is 5.92 Å². The number of carbonyl (C=O) groups excluding carboxylic acids is 2. The van der Waals surface area contributed by atoms with Gasteiger partial charge in [-0.05, 0) is 25.8 Å². The number of rotatable bonds is 8. The Bertz CT molecular complexity index is 536. The molecule has 5 heteroatoms. The van der Waals surface area contributed by atoms with E-state index in [2.05, 4.69) is 5.32 Å². The molecule has 0 aromatic heterocycles. The lowest BCUT2D eigenvalue weighted by atomic mass is 10.0. The molecular weight excluding hydrogens is 282 g/mol. The zero-order chi connectivity index (χ0) is 16.7. The van der Waals surface area contributed by atoms with Gasteiger partial charge < -0.3 is 10.4 Å². The van der Waals surface area contributed by atoms with Gasteiger partial charge in [0.1, 0.15) is 0 Å². The van der Waals surface area contributed by atoms with E-state index in [1.165, 1.54) is 6.92 Å². The molecular formula is C17H23NO4. The lowest BCUT2D eigenvalue weighted by molar-refractivity contribution is -0.142. The van der Waals surface area contributed by atoms with E-state index in [1.54, 1.807) is 19.1 Å². The lowest BCUT2D eigenvalue weighted by Crippen LogP contribution is -2.40. The first-order valence-corrected chi connectivity index (χ1v) is 7.49. The summed E-state index contributed by atoms with van der Waals surface area (Å²) >= 11 is 0. The Kier molecular flexibility index (Phi) is 6.76. The van der Waals surface area contributed by atoms with Crippen LogP contribution in [-0.2, 0) is 16.0 Å². The molecule has 1 aromatic rings. The van der Waals surface area contributed by atoms with Crippen LogP contribution < -0.4 is 5.32 Å². The summed E-state index contributed by atoms with van der Waals surface area (Å²) in [7, 11) is 0. The summed E-state index contributed by atoms with van der Waals surface area (Å²) in [4.78, 5) is 34.6. The molecule has 0 aliphatic carbocycles. The highest BCUT2D eigenvalue weighted by Gasteiger charge is 2.21. The number of Topliss-reactive ketones (excluding diaryl/α,β-unsaturated/α-hetero) is 1. The second-order valence-corrected chi connectivity index (χ2v) is 5.46. The van der Waals surface area contributed by atoms with Crippen LogP contribution in [0.5, 0.6) is 0 Å². The second kappa shape index (κ2) is 8.32. The highest BCUT2D eigenvalue weighted by atomic mass is 16.4. The zero-order valence-corrected chi connectivity index (χ0v) is 13.3. The first-order valence-electron chi connectivity index (χ1n) is 7.49. The van der Waals surface area contributed by atoms with Crippen molar-refractivity contribution in [3.05, 3.63) is 35.4 Å². The Morgan fingerprint density at radius 3 is 2.18 bits per heavy atom. The predicted molar refractivity (Wildman–Crippen MR) is 83.8 cm³/mol. The highest BCUT2D eigenvalue weighted by molar-refractivity contribution is 5.98. The highest BCUT2D eigenvalue weighted by Crippen LogP contribution is 2.09.